The molecule has 3 aliphatic rings. The van der Waals surface area contributed by atoms with E-state index in [-0.39, 0.29) is 0 Å². The first kappa shape index (κ1) is 17.7. The predicted octanol–water partition coefficient (Wildman–Crippen LogP) is 2.14. The zero-order valence-corrected chi connectivity index (χ0v) is 16.2. The molecule has 1 saturated carbocycles. The van der Waals surface area contributed by atoms with Crippen LogP contribution >= 0.6 is 12.2 Å². The van der Waals surface area contributed by atoms with Crippen molar-refractivity contribution in [3.8, 4) is 0 Å². The molecule has 0 spiro atoms. The molecule has 0 bridgehead atoms. The molecule has 1 aliphatic carbocycles. The van der Waals surface area contributed by atoms with Crippen LogP contribution in [0.2, 0.25) is 0 Å². The summed E-state index contributed by atoms with van der Waals surface area (Å²) in [6.45, 7) is 6.52. The fourth-order valence-corrected chi connectivity index (χ4v) is 3.83. The first-order valence-electron chi connectivity index (χ1n) is 9.75. The van der Waals surface area contributed by atoms with Crippen molar-refractivity contribution in [1.29, 1.82) is 0 Å². The van der Waals surface area contributed by atoms with E-state index in [0.29, 0.717) is 23.1 Å². The Morgan fingerprint density at radius 2 is 1.88 bits per heavy atom. The van der Waals surface area contributed by atoms with Crippen LogP contribution < -0.4 is 20.4 Å². The van der Waals surface area contributed by atoms with Crippen molar-refractivity contribution >= 4 is 34.9 Å². The molecular formula is C18H28N6OS. The highest BCUT2D eigenvalue weighted by Gasteiger charge is 2.24. The molecule has 1 aromatic heterocycles. The number of hydrogen-bond acceptors (Lipinski definition) is 6. The van der Waals surface area contributed by atoms with E-state index in [0.717, 1.165) is 44.5 Å². The van der Waals surface area contributed by atoms with Crippen molar-refractivity contribution in [2.75, 3.05) is 48.0 Å². The molecule has 0 radical (unpaired) electrons. The minimum absolute atomic E-state index is 0.501. The average molecular weight is 377 g/mol. The maximum absolute atomic E-state index is 5.49. The number of hydrogen-bond donors (Lipinski definition) is 2. The van der Waals surface area contributed by atoms with Gasteiger partial charge in [0.05, 0.1) is 13.2 Å². The molecule has 8 heteroatoms. The Kier molecular flexibility index (Phi) is 5.40. The third-order valence-corrected chi connectivity index (χ3v) is 5.49. The van der Waals surface area contributed by atoms with E-state index in [9.17, 15) is 0 Å². The van der Waals surface area contributed by atoms with E-state index in [1.165, 1.54) is 32.1 Å². The van der Waals surface area contributed by atoms with Gasteiger partial charge in [0.2, 0.25) is 5.95 Å². The van der Waals surface area contributed by atoms with E-state index in [1.807, 2.05) is 0 Å². The maximum Gasteiger partial charge on any atom is 0.232 e. The molecule has 1 atom stereocenters. The molecule has 142 valence electrons. The van der Waals surface area contributed by atoms with E-state index in [1.54, 1.807) is 0 Å². The lowest BCUT2D eigenvalue weighted by Gasteiger charge is -2.35. The van der Waals surface area contributed by atoms with Crippen LogP contribution in [0.1, 0.15) is 39.0 Å². The monoisotopic (exact) mass is 376 g/mol. The molecule has 3 heterocycles. The van der Waals surface area contributed by atoms with Gasteiger partial charge in [-0.25, -0.2) is 0 Å². The summed E-state index contributed by atoms with van der Waals surface area (Å²) in [6, 6.07) is 3.13. The molecular weight excluding hydrogens is 348 g/mol. The standard InChI is InChI=1S/C18H28N6OS/c1-13-4-2-3-7-24(13)16-12-15(23-8-10-25-11-9-23)20-17(21-16)22-18(26)19-14-5-6-14/h12-14H,2-11H2,1H3,(H2,19,20,21,22,26)/t13-/m1/s1. The number of anilines is 3. The number of aromatic nitrogens is 2. The lowest BCUT2D eigenvalue weighted by atomic mass is 10.0. The van der Waals surface area contributed by atoms with Crippen molar-refractivity contribution in [2.24, 2.45) is 0 Å². The minimum Gasteiger partial charge on any atom is -0.378 e. The predicted molar refractivity (Wildman–Crippen MR) is 108 cm³/mol. The quantitative estimate of drug-likeness (QED) is 0.775. The van der Waals surface area contributed by atoms with Crippen LogP contribution in [0.3, 0.4) is 0 Å². The van der Waals surface area contributed by atoms with Gasteiger partial charge in [0.1, 0.15) is 11.6 Å². The van der Waals surface area contributed by atoms with Gasteiger partial charge in [0.15, 0.2) is 5.11 Å². The van der Waals surface area contributed by atoms with Crippen LogP contribution in [-0.4, -0.2) is 60.0 Å². The summed E-state index contributed by atoms with van der Waals surface area (Å²) < 4.78 is 5.49. The lowest BCUT2D eigenvalue weighted by Crippen LogP contribution is -2.40. The first-order chi connectivity index (χ1) is 12.7. The number of morpholine rings is 1. The largest absolute Gasteiger partial charge is 0.378 e. The van der Waals surface area contributed by atoms with Crippen LogP contribution in [0.15, 0.2) is 6.07 Å². The van der Waals surface area contributed by atoms with Gasteiger partial charge < -0.3 is 25.2 Å². The number of nitrogens with zero attached hydrogens (tertiary/aromatic N) is 4. The first-order valence-corrected chi connectivity index (χ1v) is 10.2. The van der Waals surface area contributed by atoms with Crippen LogP contribution in [0.4, 0.5) is 17.6 Å². The number of ether oxygens (including phenoxy) is 1. The summed E-state index contributed by atoms with van der Waals surface area (Å²) in [5.41, 5.74) is 0. The summed E-state index contributed by atoms with van der Waals surface area (Å²) in [7, 11) is 0. The number of thiocarbonyl (C=S) groups is 1. The maximum atomic E-state index is 5.49. The number of piperidine rings is 1. The van der Waals surface area contributed by atoms with Gasteiger partial charge in [0, 0.05) is 37.8 Å². The summed E-state index contributed by atoms with van der Waals surface area (Å²) in [5.74, 6) is 2.53. The van der Waals surface area contributed by atoms with Crippen molar-refractivity contribution in [3.63, 3.8) is 0 Å². The summed E-state index contributed by atoms with van der Waals surface area (Å²) >= 11 is 5.43. The van der Waals surface area contributed by atoms with Gasteiger partial charge in [-0.3, -0.25) is 0 Å². The summed E-state index contributed by atoms with van der Waals surface area (Å²) in [4.78, 5) is 14.2. The van der Waals surface area contributed by atoms with E-state index in [2.05, 4.69) is 33.4 Å². The molecule has 1 aromatic rings. The van der Waals surface area contributed by atoms with Crippen molar-refractivity contribution in [3.05, 3.63) is 6.07 Å². The highest BCUT2D eigenvalue weighted by Crippen LogP contribution is 2.27. The van der Waals surface area contributed by atoms with Gasteiger partial charge in [0.25, 0.3) is 0 Å². The van der Waals surface area contributed by atoms with E-state index >= 15 is 0 Å². The Bertz CT molecular complexity index is 647. The molecule has 3 fully saturated rings. The van der Waals surface area contributed by atoms with Crippen LogP contribution in [-0.2, 0) is 4.74 Å². The Labute approximate surface area is 160 Å². The second-order valence-electron chi connectivity index (χ2n) is 7.42. The van der Waals surface area contributed by atoms with Crippen molar-refractivity contribution < 1.29 is 4.74 Å². The summed E-state index contributed by atoms with van der Waals surface area (Å²) in [5, 5.41) is 7.12. The van der Waals surface area contributed by atoms with E-state index in [4.69, 9.17) is 26.9 Å². The van der Waals surface area contributed by atoms with Gasteiger partial charge >= 0.3 is 0 Å². The lowest BCUT2D eigenvalue weighted by molar-refractivity contribution is 0.122. The van der Waals surface area contributed by atoms with Gasteiger partial charge in [-0.2, -0.15) is 9.97 Å². The van der Waals surface area contributed by atoms with Crippen LogP contribution in [0.5, 0.6) is 0 Å². The molecule has 26 heavy (non-hydrogen) atoms. The van der Waals surface area contributed by atoms with Crippen LogP contribution in [0, 0.1) is 0 Å². The second-order valence-corrected chi connectivity index (χ2v) is 7.83. The van der Waals surface area contributed by atoms with Gasteiger partial charge in [-0.1, -0.05) is 0 Å². The fraction of sp³-hybridized carbons (Fsp3) is 0.722. The fourth-order valence-electron chi connectivity index (χ4n) is 3.57. The SMILES string of the molecule is C[C@@H]1CCCCN1c1cc(N2CCOCC2)nc(NC(=S)NC2CC2)n1. The second kappa shape index (κ2) is 7.92. The zero-order chi connectivity index (χ0) is 17.9. The van der Waals surface area contributed by atoms with E-state index < -0.39 is 0 Å². The number of rotatable bonds is 4. The Hall–Kier alpha value is -1.67. The Balaban J connectivity index is 1.58. The smallest absolute Gasteiger partial charge is 0.232 e. The number of nitrogens with one attached hydrogen (secondary N) is 2. The molecule has 2 N–H and O–H groups in total. The third-order valence-electron chi connectivity index (χ3n) is 5.27. The summed E-state index contributed by atoms with van der Waals surface area (Å²) in [6.07, 6.45) is 6.09. The Morgan fingerprint density at radius 3 is 2.62 bits per heavy atom. The Morgan fingerprint density at radius 1 is 1.12 bits per heavy atom. The van der Waals surface area contributed by atoms with Gasteiger partial charge in [-0.15, -0.1) is 0 Å². The highest BCUT2D eigenvalue weighted by atomic mass is 32.1. The third kappa shape index (κ3) is 4.35. The topological polar surface area (TPSA) is 65.6 Å². The molecule has 0 unspecified atom stereocenters. The molecule has 7 nitrogen and oxygen atoms in total. The molecule has 2 saturated heterocycles. The average Bonchev–Trinajstić information content (AvgIpc) is 3.46. The zero-order valence-electron chi connectivity index (χ0n) is 15.4. The molecule has 0 aromatic carbocycles. The molecule has 4 rings (SSSR count). The molecule has 2 aliphatic heterocycles. The highest BCUT2D eigenvalue weighted by molar-refractivity contribution is 7.80. The van der Waals surface area contributed by atoms with Gasteiger partial charge in [-0.05, 0) is 51.2 Å². The molecule has 0 amide bonds. The minimum atomic E-state index is 0.501. The van der Waals surface area contributed by atoms with Crippen molar-refractivity contribution in [1.82, 2.24) is 15.3 Å². The normalized spacial score (nSPS) is 23.7. The van der Waals surface area contributed by atoms with Crippen molar-refractivity contribution in [2.45, 2.75) is 51.1 Å². The van der Waals surface area contributed by atoms with Crippen LogP contribution in [0.25, 0.3) is 0 Å².